The van der Waals surface area contributed by atoms with Crippen LogP contribution in [0, 0.1) is 11.8 Å². The number of hydrogen-bond donors (Lipinski definition) is 2. The van der Waals surface area contributed by atoms with E-state index in [-0.39, 0.29) is 102 Å². The van der Waals surface area contributed by atoms with Crippen molar-refractivity contribution in [1.29, 1.82) is 0 Å². The molecule has 0 aliphatic heterocycles. The van der Waals surface area contributed by atoms with Crippen LogP contribution in [0.3, 0.4) is 0 Å². The van der Waals surface area contributed by atoms with Gasteiger partial charge in [0, 0.05) is 11.1 Å². The van der Waals surface area contributed by atoms with E-state index in [1.54, 1.807) is 0 Å². The van der Waals surface area contributed by atoms with Crippen molar-refractivity contribution in [2.75, 3.05) is 52.4 Å². The van der Waals surface area contributed by atoms with Gasteiger partial charge in [-0.25, -0.2) is 0 Å². The fourth-order valence-electron chi connectivity index (χ4n) is 8.28. The molecule has 276 valence electrons. The first-order valence-corrected chi connectivity index (χ1v) is 17.4. The number of hydrogen-bond acceptors (Lipinski definition) is 4. The fraction of sp³-hybridized carbons (Fsp3) is 1.00. The zero-order valence-corrected chi connectivity index (χ0v) is 37.4. The molecule has 0 aromatic heterocycles. The minimum Gasteiger partial charge on any atom is -1.00 e. The third-order valence-corrected chi connectivity index (χ3v) is 10.4. The Bertz CT molecular complexity index is 536. The molecule has 0 aromatic carbocycles. The summed E-state index contributed by atoms with van der Waals surface area (Å²) < 4.78 is 0. The Labute approximate surface area is 339 Å². The monoisotopic (exact) mass is 976 g/mol. The Kier molecular flexibility index (Phi) is 42.1. The first kappa shape index (κ1) is 56.2. The molecule has 44 heavy (non-hydrogen) atoms. The van der Waals surface area contributed by atoms with E-state index in [1.165, 1.54) is 155 Å². The molecular formula is C34H70Br4Cu2N4. The van der Waals surface area contributed by atoms with Gasteiger partial charge in [0.2, 0.25) is 0 Å². The van der Waals surface area contributed by atoms with E-state index in [0.717, 1.165) is 11.8 Å². The number of rotatable bonds is 21. The van der Waals surface area contributed by atoms with Gasteiger partial charge in [-0.3, -0.25) is 9.80 Å². The number of halogens is 4. The molecule has 0 aromatic rings. The second kappa shape index (κ2) is 33.0. The van der Waals surface area contributed by atoms with Crippen molar-refractivity contribution in [3.05, 3.63) is 0 Å². The molecule has 0 amide bonds. The predicted octanol–water partition coefficient (Wildman–Crippen LogP) is -4.12. The van der Waals surface area contributed by atoms with Crippen molar-refractivity contribution >= 4 is 0 Å². The van der Waals surface area contributed by atoms with Gasteiger partial charge >= 0.3 is 34.1 Å². The van der Waals surface area contributed by atoms with Gasteiger partial charge < -0.3 is 78.6 Å². The molecule has 2 aliphatic rings. The van der Waals surface area contributed by atoms with Crippen LogP contribution in [-0.4, -0.2) is 73.2 Å². The summed E-state index contributed by atoms with van der Waals surface area (Å²) in [7, 11) is 0. The van der Waals surface area contributed by atoms with E-state index in [1.807, 2.05) is 0 Å². The van der Waals surface area contributed by atoms with Crippen LogP contribution in [-0.2, 0) is 34.1 Å². The van der Waals surface area contributed by atoms with Gasteiger partial charge in [0.05, 0.1) is 0 Å². The van der Waals surface area contributed by atoms with Crippen LogP contribution in [0.2, 0.25) is 0 Å². The molecule has 2 rings (SSSR count). The summed E-state index contributed by atoms with van der Waals surface area (Å²) in [6.45, 7) is 24.3. The van der Waals surface area contributed by atoms with Crippen LogP contribution in [0.15, 0.2) is 0 Å². The molecule has 2 radical (unpaired) electrons. The maximum Gasteiger partial charge on any atom is 2.00 e. The van der Waals surface area contributed by atoms with Crippen molar-refractivity contribution in [1.82, 2.24) is 20.4 Å². The Hall–Kier alpha value is 2.80. The maximum atomic E-state index is 3.89. The third kappa shape index (κ3) is 17.6. The summed E-state index contributed by atoms with van der Waals surface area (Å²) >= 11 is 0. The first-order valence-electron chi connectivity index (χ1n) is 17.4. The van der Waals surface area contributed by atoms with Crippen LogP contribution < -0.4 is 78.6 Å². The molecule has 0 saturated heterocycles. The summed E-state index contributed by atoms with van der Waals surface area (Å²) in [6, 6.07) is 0. The minimum atomic E-state index is 0. The SMILES string of the molecule is CCCN(CCC)C1(C(C)CNCCCCNCC(C)C2(N(CCC)CCC)CCCCC2)CCCCC1.[Br-].[Br-].[Br-].[Br-].[Cu+2].[Cu+2]. The quantitative estimate of drug-likeness (QED) is 0.0907. The van der Waals surface area contributed by atoms with E-state index in [2.05, 4.69) is 62.0 Å². The van der Waals surface area contributed by atoms with Gasteiger partial charge in [-0.2, -0.15) is 0 Å². The van der Waals surface area contributed by atoms with Crippen molar-refractivity contribution in [3.63, 3.8) is 0 Å². The van der Waals surface area contributed by atoms with E-state index < -0.39 is 0 Å². The van der Waals surface area contributed by atoms with E-state index in [9.17, 15) is 0 Å². The van der Waals surface area contributed by atoms with E-state index >= 15 is 0 Å². The average Bonchev–Trinajstić information content (AvgIpc) is 2.94. The Morgan fingerprint density at radius 3 is 1.02 bits per heavy atom. The summed E-state index contributed by atoms with van der Waals surface area (Å²) in [5.74, 6) is 1.47. The summed E-state index contributed by atoms with van der Waals surface area (Å²) in [4.78, 5) is 5.79. The second-order valence-corrected chi connectivity index (χ2v) is 13.2. The Morgan fingerprint density at radius 2 is 0.773 bits per heavy atom. The van der Waals surface area contributed by atoms with Crippen LogP contribution >= 0.6 is 0 Å². The Morgan fingerprint density at radius 1 is 0.500 bits per heavy atom. The van der Waals surface area contributed by atoms with E-state index in [4.69, 9.17) is 0 Å². The van der Waals surface area contributed by atoms with Gasteiger partial charge in [-0.05, 0) is 128 Å². The van der Waals surface area contributed by atoms with Crippen LogP contribution in [0.5, 0.6) is 0 Å². The van der Waals surface area contributed by atoms with Gasteiger partial charge in [0.15, 0.2) is 0 Å². The van der Waals surface area contributed by atoms with Crippen molar-refractivity contribution < 1.29 is 102 Å². The fourth-order valence-corrected chi connectivity index (χ4v) is 8.28. The number of nitrogens with zero attached hydrogens (tertiary/aromatic N) is 2. The maximum absolute atomic E-state index is 3.89. The molecule has 2 fully saturated rings. The van der Waals surface area contributed by atoms with Crippen LogP contribution in [0.25, 0.3) is 0 Å². The van der Waals surface area contributed by atoms with Gasteiger partial charge in [-0.1, -0.05) is 80.1 Å². The molecule has 2 N–H and O–H groups in total. The normalized spacial score (nSPS) is 18.3. The van der Waals surface area contributed by atoms with Crippen molar-refractivity contribution in [2.24, 2.45) is 11.8 Å². The molecule has 0 spiro atoms. The molecule has 0 heterocycles. The van der Waals surface area contributed by atoms with Crippen molar-refractivity contribution in [3.8, 4) is 0 Å². The zero-order valence-electron chi connectivity index (χ0n) is 29.1. The first-order chi connectivity index (χ1) is 18.5. The third-order valence-electron chi connectivity index (χ3n) is 10.4. The van der Waals surface area contributed by atoms with Gasteiger partial charge in [0.1, 0.15) is 0 Å². The summed E-state index contributed by atoms with van der Waals surface area (Å²) in [5.41, 5.74) is 0.876. The number of nitrogens with one attached hydrogen (secondary N) is 2. The molecule has 10 heteroatoms. The summed E-state index contributed by atoms with van der Waals surface area (Å²) in [5, 5.41) is 7.77. The molecule has 4 nitrogen and oxygen atoms in total. The molecule has 0 bridgehead atoms. The van der Waals surface area contributed by atoms with Gasteiger partial charge in [-0.15, -0.1) is 0 Å². The molecule has 2 unspecified atom stereocenters. The smallest absolute Gasteiger partial charge is 1.00 e. The average molecular weight is 982 g/mol. The van der Waals surface area contributed by atoms with Crippen molar-refractivity contribution in [2.45, 2.75) is 155 Å². The standard InChI is InChI=1S/C34H70N4.4BrH.2Cu/c1-7-25-37(26-8-2)33(19-13-11-14-20-33)31(5)29-35-23-17-18-24-36-30-32(6)34(21-15-12-16-22-34)38(27-9-3)28-10-4;;;;;;/h31-32,35-36H,7-30H2,1-6H3;4*1H;;/q;;;;;2*+2/p-4. The molecule has 2 saturated carbocycles. The molecule has 2 aliphatic carbocycles. The minimum absolute atomic E-state index is 0. The predicted molar refractivity (Wildman–Crippen MR) is 169 cm³/mol. The zero-order chi connectivity index (χ0) is 27.7. The number of unbranched alkanes of at least 4 members (excludes halogenated alkanes) is 1. The van der Waals surface area contributed by atoms with Crippen LogP contribution in [0.1, 0.15) is 144 Å². The Balaban J connectivity index is -0.000000845. The largest absolute Gasteiger partial charge is 2.00 e. The topological polar surface area (TPSA) is 30.5 Å². The molecule has 2 atom stereocenters. The van der Waals surface area contributed by atoms with E-state index in [0.29, 0.717) is 11.1 Å². The molecular weight excluding hydrogens is 911 g/mol. The summed E-state index contributed by atoms with van der Waals surface area (Å²) in [6.07, 6.45) is 21.9. The second-order valence-electron chi connectivity index (χ2n) is 13.2. The van der Waals surface area contributed by atoms with Gasteiger partial charge in [0.25, 0.3) is 0 Å². The van der Waals surface area contributed by atoms with Crippen LogP contribution in [0.4, 0.5) is 0 Å².